The normalized spacial score (nSPS) is 12.7. The van der Waals surface area contributed by atoms with Crippen molar-refractivity contribution in [2.75, 3.05) is 7.11 Å². The Kier molecular flexibility index (Phi) is 4.87. The first-order valence-corrected chi connectivity index (χ1v) is 3.24. The molecule has 0 bridgehead atoms. The van der Waals surface area contributed by atoms with Crippen LogP contribution in [0.5, 0.6) is 0 Å². The van der Waals surface area contributed by atoms with Crippen LogP contribution >= 0.6 is 0 Å². The predicted octanol–water partition coefficient (Wildman–Crippen LogP) is -0.0286. The molecule has 1 aliphatic rings. The molecule has 0 spiro atoms. The standard InChI is InChI=1S/C4H2O3.C4H6O2/c5-3-1-2-4(6)7-3;1-3-4(5)6-2/h1-2H;3H,1H2,2H3. The van der Waals surface area contributed by atoms with Crippen LogP contribution in [0.1, 0.15) is 0 Å². The first-order chi connectivity index (χ1) is 6.10. The zero-order chi connectivity index (χ0) is 10.3. The van der Waals surface area contributed by atoms with E-state index in [-0.39, 0.29) is 0 Å². The van der Waals surface area contributed by atoms with Crippen molar-refractivity contribution < 1.29 is 23.9 Å². The topological polar surface area (TPSA) is 69.7 Å². The molecule has 0 aromatic rings. The number of methoxy groups -OCH3 is 1. The van der Waals surface area contributed by atoms with E-state index in [9.17, 15) is 14.4 Å². The monoisotopic (exact) mass is 184 g/mol. The minimum absolute atomic E-state index is 0.394. The summed E-state index contributed by atoms with van der Waals surface area (Å²) in [5, 5.41) is 0. The van der Waals surface area contributed by atoms with Crippen LogP contribution in [0.4, 0.5) is 0 Å². The van der Waals surface area contributed by atoms with E-state index < -0.39 is 17.9 Å². The maximum atomic E-state index is 9.92. The predicted molar refractivity (Wildman–Crippen MR) is 42.5 cm³/mol. The number of rotatable bonds is 1. The van der Waals surface area contributed by atoms with Crippen LogP contribution in [0.25, 0.3) is 0 Å². The number of esters is 3. The average Bonchev–Trinajstić information content (AvgIpc) is 2.49. The third-order valence-corrected chi connectivity index (χ3v) is 0.925. The van der Waals surface area contributed by atoms with E-state index in [0.717, 1.165) is 18.2 Å². The number of hydrogen-bond donors (Lipinski definition) is 0. The van der Waals surface area contributed by atoms with E-state index in [1.807, 2.05) is 0 Å². The lowest BCUT2D eigenvalue weighted by molar-refractivity contribution is -0.150. The molecular formula is C8H8O5. The van der Waals surface area contributed by atoms with Gasteiger partial charge in [-0.15, -0.1) is 0 Å². The summed E-state index contributed by atoms with van der Waals surface area (Å²) >= 11 is 0. The lowest BCUT2D eigenvalue weighted by Gasteiger charge is -1.83. The van der Waals surface area contributed by atoms with Crippen LogP contribution in [0.2, 0.25) is 0 Å². The number of carbonyl (C=O) groups is 3. The summed E-state index contributed by atoms with van der Waals surface area (Å²) < 4.78 is 8.11. The Morgan fingerprint density at radius 2 is 1.92 bits per heavy atom. The van der Waals surface area contributed by atoms with Gasteiger partial charge in [-0.25, -0.2) is 14.4 Å². The van der Waals surface area contributed by atoms with Crippen LogP contribution < -0.4 is 0 Å². The zero-order valence-electron chi connectivity index (χ0n) is 6.98. The van der Waals surface area contributed by atoms with Gasteiger partial charge in [-0.1, -0.05) is 6.58 Å². The molecule has 1 aliphatic heterocycles. The Labute approximate surface area is 74.6 Å². The van der Waals surface area contributed by atoms with E-state index >= 15 is 0 Å². The molecule has 0 unspecified atom stereocenters. The highest BCUT2D eigenvalue weighted by molar-refractivity contribution is 6.04. The average molecular weight is 184 g/mol. The van der Waals surface area contributed by atoms with E-state index in [1.165, 1.54) is 7.11 Å². The highest BCUT2D eigenvalue weighted by Gasteiger charge is 2.10. The maximum Gasteiger partial charge on any atom is 0.338 e. The fraction of sp³-hybridized carbons (Fsp3) is 0.125. The van der Waals surface area contributed by atoms with Crippen LogP contribution in [0, 0.1) is 0 Å². The molecular weight excluding hydrogens is 176 g/mol. The van der Waals surface area contributed by atoms with Gasteiger partial charge >= 0.3 is 17.9 Å². The Balaban J connectivity index is 0.000000226. The van der Waals surface area contributed by atoms with Gasteiger partial charge < -0.3 is 9.47 Å². The van der Waals surface area contributed by atoms with E-state index in [4.69, 9.17) is 0 Å². The fourth-order valence-corrected chi connectivity index (χ4v) is 0.387. The number of ether oxygens (including phenoxy) is 2. The maximum absolute atomic E-state index is 9.92. The van der Waals surface area contributed by atoms with Crippen molar-refractivity contribution in [3.05, 3.63) is 24.8 Å². The molecule has 70 valence electrons. The molecule has 0 amide bonds. The van der Waals surface area contributed by atoms with Crippen molar-refractivity contribution in [2.45, 2.75) is 0 Å². The lowest BCUT2D eigenvalue weighted by atomic mass is 10.6. The van der Waals surface area contributed by atoms with Gasteiger partial charge in [-0.3, -0.25) is 0 Å². The molecule has 0 fully saturated rings. The third kappa shape index (κ3) is 5.37. The van der Waals surface area contributed by atoms with E-state index in [2.05, 4.69) is 16.1 Å². The molecule has 0 saturated carbocycles. The fourth-order valence-electron chi connectivity index (χ4n) is 0.387. The van der Waals surface area contributed by atoms with Crippen molar-refractivity contribution in [3.8, 4) is 0 Å². The molecule has 5 nitrogen and oxygen atoms in total. The summed E-state index contributed by atoms with van der Waals surface area (Å²) in [5.41, 5.74) is 0. The third-order valence-electron chi connectivity index (χ3n) is 0.925. The minimum Gasteiger partial charge on any atom is -0.466 e. The summed E-state index contributed by atoms with van der Waals surface area (Å²) in [6.45, 7) is 3.16. The zero-order valence-corrected chi connectivity index (χ0v) is 6.98. The Morgan fingerprint density at radius 3 is 2.00 bits per heavy atom. The first kappa shape index (κ1) is 11.1. The second-order valence-electron chi connectivity index (χ2n) is 1.80. The largest absolute Gasteiger partial charge is 0.466 e. The Morgan fingerprint density at radius 1 is 1.46 bits per heavy atom. The molecule has 0 aliphatic carbocycles. The van der Waals surface area contributed by atoms with Gasteiger partial charge in [0.15, 0.2) is 0 Å². The highest BCUT2D eigenvalue weighted by Crippen LogP contribution is 1.92. The van der Waals surface area contributed by atoms with Crippen molar-refractivity contribution in [1.29, 1.82) is 0 Å². The number of carbonyl (C=O) groups excluding carboxylic acids is 3. The minimum atomic E-state index is -0.579. The van der Waals surface area contributed by atoms with Crippen molar-refractivity contribution in [3.63, 3.8) is 0 Å². The summed E-state index contributed by atoms with van der Waals surface area (Å²) in [6, 6.07) is 0. The Bertz CT molecular complexity index is 248. The van der Waals surface area contributed by atoms with Gasteiger partial charge in [0.2, 0.25) is 0 Å². The molecule has 0 N–H and O–H groups in total. The van der Waals surface area contributed by atoms with Crippen molar-refractivity contribution in [2.24, 2.45) is 0 Å². The molecule has 13 heavy (non-hydrogen) atoms. The molecule has 1 rings (SSSR count). The second-order valence-corrected chi connectivity index (χ2v) is 1.80. The molecule has 0 radical (unpaired) electrons. The van der Waals surface area contributed by atoms with Gasteiger partial charge in [-0.2, -0.15) is 0 Å². The van der Waals surface area contributed by atoms with Gasteiger partial charge in [0.05, 0.1) is 7.11 Å². The van der Waals surface area contributed by atoms with Crippen molar-refractivity contribution >= 4 is 17.9 Å². The van der Waals surface area contributed by atoms with Crippen LogP contribution in [0.15, 0.2) is 24.8 Å². The smallest absolute Gasteiger partial charge is 0.338 e. The van der Waals surface area contributed by atoms with Crippen molar-refractivity contribution in [1.82, 2.24) is 0 Å². The summed E-state index contributed by atoms with van der Waals surface area (Å²) in [4.78, 5) is 29.7. The van der Waals surface area contributed by atoms with E-state index in [1.54, 1.807) is 0 Å². The van der Waals surface area contributed by atoms with Crippen LogP contribution in [-0.4, -0.2) is 25.0 Å². The summed E-state index contributed by atoms with van der Waals surface area (Å²) in [6.07, 6.45) is 3.28. The van der Waals surface area contributed by atoms with Gasteiger partial charge in [-0.05, 0) is 0 Å². The lowest BCUT2D eigenvalue weighted by Crippen LogP contribution is -1.96. The quantitative estimate of drug-likeness (QED) is 0.325. The Hall–Kier alpha value is -1.91. The van der Waals surface area contributed by atoms with Crippen LogP contribution in [-0.2, 0) is 23.9 Å². The second kappa shape index (κ2) is 5.70. The van der Waals surface area contributed by atoms with E-state index in [0.29, 0.717) is 0 Å². The summed E-state index contributed by atoms with van der Waals surface area (Å²) in [7, 11) is 1.31. The number of cyclic esters (lactones) is 2. The first-order valence-electron chi connectivity index (χ1n) is 3.24. The molecule has 0 aromatic heterocycles. The number of hydrogen-bond acceptors (Lipinski definition) is 5. The molecule has 0 saturated heterocycles. The van der Waals surface area contributed by atoms with Gasteiger partial charge in [0, 0.05) is 18.2 Å². The van der Waals surface area contributed by atoms with Crippen LogP contribution in [0.3, 0.4) is 0 Å². The molecule has 0 aromatic carbocycles. The van der Waals surface area contributed by atoms with Gasteiger partial charge in [0.1, 0.15) is 0 Å². The molecule has 1 heterocycles. The SMILES string of the molecule is C=CC(=O)OC.O=C1C=CC(=O)O1. The van der Waals surface area contributed by atoms with Gasteiger partial charge in [0.25, 0.3) is 0 Å². The molecule has 5 heteroatoms. The highest BCUT2D eigenvalue weighted by atomic mass is 16.6. The molecule has 0 atom stereocenters. The summed E-state index contributed by atoms with van der Waals surface area (Å²) in [5.74, 6) is -1.55.